The van der Waals surface area contributed by atoms with Crippen LogP contribution in [0.1, 0.15) is 62.5 Å². The third-order valence-corrected chi connectivity index (χ3v) is 8.40. The van der Waals surface area contributed by atoms with Crippen molar-refractivity contribution in [1.82, 2.24) is 14.8 Å². The zero-order valence-corrected chi connectivity index (χ0v) is 19.4. The van der Waals surface area contributed by atoms with Crippen molar-refractivity contribution < 1.29 is 18.3 Å². The van der Waals surface area contributed by atoms with Gasteiger partial charge in [-0.2, -0.15) is 13.2 Å². The molecule has 4 nitrogen and oxygen atoms in total. The molecule has 5 atom stereocenters. The lowest BCUT2D eigenvalue weighted by Gasteiger charge is -2.42. The number of hydrogen-bond donors (Lipinski definition) is 1. The van der Waals surface area contributed by atoms with E-state index < -0.39 is 18.0 Å². The fraction of sp³-hybridized carbons (Fsp3) is 0.654. The van der Waals surface area contributed by atoms with Gasteiger partial charge in [0.1, 0.15) is 6.23 Å². The van der Waals surface area contributed by atoms with Gasteiger partial charge in [0, 0.05) is 36.8 Å². The van der Waals surface area contributed by atoms with Gasteiger partial charge in [0.15, 0.2) is 0 Å². The van der Waals surface area contributed by atoms with E-state index in [0.29, 0.717) is 35.9 Å². The number of benzene rings is 1. The molecule has 33 heavy (non-hydrogen) atoms. The van der Waals surface area contributed by atoms with Crippen molar-refractivity contribution >= 4 is 10.9 Å². The molecule has 1 aromatic carbocycles. The van der Waals surface area contributed by atoms with Gasteiger partial charge in [-0.25, -0.2) is 0 Å². The average Bonchev–Trinajstić information content (AvgIpc) is 2.97. The van der Waals surface area contributed by atoms with Gasteiger partial charge in [-0.15, -0.1) is 0 Å². The molecule has 4 heterocycles. The Balaban J connectivity index is 1.35. The summed E-state index contributed by atoms with van der Waals surface area (Å²) in [6.07, 6.45) is 3.04. The topological polar surface area (TPSA) is 39.6 Å². The lowest BCUT2D eigenvalue weighted by Crippen LogP contribution is -2.47. The Kier molecular flexibility index (Phi) is 6.17. The van der Waals surface area contributed by atoms with Crippen molar-refractivity contribution in [2.45, 2.75) is 75.9 Å². The summed E-state index contributed by atoms with van der Waals surface area (Å²) in [5.41, 5.74) is 0.251. The smallest absolute Gasteiger partial charge is 0.378 e. The zero-order chi connectivity index (χ0) is 23.3. The number of aromatic nitrogens is 1. The van der Waals surface area contributed by atoms with Crippen molar-refractivity contribution in [3.8, 4) is 0 Å². The Morgan fingerprint density at radius 1 is 1.09 bits per heavy atom. The van der Waals surface area contributed by atoms with E-state index in [1.165, 1.54) is 25.1 Å². The number of likely N-dealkylation sites (tertiary alicyclic amines) is 1. The minimum absolute atomic E-state index is 0.0228. The number of aliphatic hydroxyl groups excluding tert-OH is 1. The fourth-order valence-electron chi connectivity index (χ4n) is 6.80. The molecule has 0 saturated carbocycles. The van der Waals surface area contributed by atoms with Crippen LogP contribution in [0, 0.1) is 11.8 Å². The predicted molar refractivity (Wildman–Crippen MR) is 123 cm³/mol. The number of aliphatic hydroxyl groups is 1. The van der Waals surface area contributed by atoms with Crippen molar-refractivity contribution in [1.29, 1.82) is 0 Å². The van der Waals surface area contributed by atoms with Crippen molar-refractivity contribution in [2.75, 3.05) is 20.1 Å². The molecule has 3 aliphatic heterocycles. The number of halogens is 3. The van der Waals surface area contributed by atoms with Crippen LogP contribution < -0.4 is 0 Å². The number of fused-ring (bicyclic) bond motifs is 3. The van der Waals surface area contributed by atoms with Crippen LogP contribution >= 0.6 is 0 Å². The standard InChI is InChI=1S/C26H34F3N3O/c1-16-10-18(21-7-8-23(26(27,28)29)25-22(21)4-3-9-30-25)15-32(14-16)24(33)13-17-11-19-5-6-20(12-17)31(19)2/h3-4,7-9,16-20,24,33H,5-6,10-15H2,1-2H3. The summed E-state index contributed by atoms with van der Waals surface area (Å²) in [5, 5.41) is 11.8. The van der Waals surface area contributed by atoms with Crippen LogP contribution in [0.4, 0.5) is 13.2 Å². The van der Waals surface area contributed by atoms with Crippen LogP contribution in [-0.2, 0) is 6.18 Å². The summed E-state index contributed by atoms with van der Waals surface area (Å²) in [5.74, 6) is 0.979. The van der Waals surface area contributed by atoms with Gasteiger partial charge in [-0.05, 0) is 81.0 Å². The van der Waals surface area contributed by atoms with Gasteiger partial charge in [0.2, 0.25) is 0 Å². The maximum absolute atomic E-state index is 13.5. The van der Waals surface area contributed by atoms with E-state index >= 15 is 0 Å². The summed E-state index contributed by atoms with van der Waals surface area (Å²) in [6, 6.07) is 7.58. The molecular formula is C26H34F3N3O. The Hall–Kier alpha value is -1.70. The molecule has 3 saturated heterocycles. The molecule has 3 fully saturated rings. The summed E-state index contributed by atoms with van der Waals surface area (Å²) in [6.45, 7) is 3.67. The molecule has 7 heteroatoms. The summed E-state index contributed by atoms with van der Waals surface area (Å²) < 4.78 is 40.6. The summed E-state index contributed by atoms with van der Waals surface area (Å²) in [7, 11) is 2.23. The molecule has 5 rings (SSSR count). The third-order valence-electron chi connectivity index (χ3n) is 8.40. The Morgan fingerprint density at radius 3 is 2.52 bits per heavy atom. The molecular weight excluding hydrogens is 427 g/mol. The van der Waals surface area contributed by atoms with E-state index in [2.05, 4.69) is 28.8 Å². The number of rotatable bonds is 4. The first kappa shape index (κ1) is 23.1. The SMILES string of the molecule is CC1CC(c2ccc(C(F)(F)F)c3ncccc23)CN(C(O)CC2CC3CCC(C2)N3C)C1. The molecule has 0 spiro atoms. The molecule has 2 bridgehead atoms. The van der Waals surface area contributed by atoms with E-state index in [1.54, 1.807) is 18.2 Å². The van der Waals surface area contributed by atoms with Crippen LogP contribution in [0.2, 0.25) is 0 Å². The van der Waals surface area contributed by atoms with E-state index in [4.69, 9.17) is 0 Å². The number of hydrogen-bond acceptors (Lipinski definition) is 4. The maximum atomic E-state index is 13.5. The second-order valence-electron chi connectivity index (χ2n) is 10.7. The summed E-state index contributed by atoms with van der Waals surface area (Å²) >= 11 is 0. The first-order valence-corrected chi connectivity index (χ1v) is 12.3. The first-order valence-electron chi connectivity index (χ1n) is 12.3. The van der Waals surface area contributed by atoms with E-state index in [-0.39, 0.29) is 11.4 Å². The normalized spacial score (nSPS) is 32.4. The molecule has 5 unspecified atom stereocenters. The van der Waals surface area contributed by atoms with Crippen LogP contribution in [0.5, 0.6) is 0 Å². The average molecular weight is 462 g/mol. The van der Waals surface area contributed by atoms with Gasteiger partial charge in [0.25, 0.3) is 0 Å². The minimum Gasteiger partial charge on any atom is -0.378 e. The molecule has 0 amide bonds. The first-order chi connectivity index (χ1) is 15.7. The zero-order valence-electron chi connectivity index (χ0n) is 19.4. The van der Waals surface area contributed by atoms with Crippen LogP contribution in [0.25, 0.3) is 10.9 Å². The van der Waals surface area contributed by atoms with E-state index in [0.717, 1.165) is 37.8 Å². The molecule has 180 valence electrons. The quantitative estimate of drug-likeness (QED) is 0.674. The number of piperidine rings is 2. The van der Waals surface area contributed by atoms with Crippen LogP contribution in [0.3, 0.4) is 0 Å². The molecule has 1 aromatic heterocycles. The van der Waals surface area contributed by atoms with Crippen molar-refractivity contribution in [3.05, 3.63) is 41.6 Å². The predicted octanol–water partition coefficient (Wildman–Crippen LogP) is 5.26. The van der Waals surface area contributed by atoms with E-state index in [9.17, 15) is 18.3 Å². The van der Waals surface area contributed by atoms with E-state index in [1.807, 2.05) is 0 Å². The van der Waals surface area contributed by atoms with Crippen molar-refractivity contribution in [2.24, 2.45) is 11.8 Å². The highest BCUT2D eigenvalue weighted by molar-refractivity contribution is 5.86. The number of pyridine rings is 1. The number of nitrogens with zero attached hydrogens (tertiary/aromatic N) is 3. The fourth-order valence-corrected chi connectivity index (χ4v) is 6.80. The molecule has 0 radical (unpaired) electrons. The van der Waals surface area contributed by atoms with Gasteiger partial charge in [-0.3, -0.25) is 9.88 Å². The van der Waals surface area contributed by atoms with Crippen LogP contribution in [0.15, 0.2) is 30.5 Å². The molecule has 1 N–H and O–H groups in total. The minimum atomic E-state index is -4.43. The lowest BCUT2D eigenvalue weighted by atomic mass is 9.82. The lowest BCUT2D eigenvalue weighted by molar-refractivity contribution is -0.136. The van der Waals surface area contributed by atoms with Gasteiger partial charge >= 0.3 is 6.18 Å². The number of alkyl halides is 3. The molecule has 2 aromatic rings. The molecule has 3 aliphatic rings. The molecule has 0 aliphatic carbocycles. The van der Waals surface area contributed by atoms with Gasteiger partial charge in [-0.1, -0.05) is 19.1 Å². The highest BCUT2D eigenvalue weighted by atomic mass is 19.4. The Labute approximate surface area is 193 Å². The monoisotopic (exact) mass is 461 g/mol. The largest absolute Gasteiger partial charge is 0.418 e. The Morgan fingerprint density at radius 2 is 1.82 bits per heavy atom. The van der Waals surface area contributed by atoms with Gasteiger partial charge < -0.3 is 10.0 Å². The second-order valence-corrected chi connectivity index (χ2v) is 10.7. The van der Waals surface area contributed by atoms with Crippen LogP contribution in [-0.4, -0.2) is 58.3 Å². The highest BCUT2D eigenvalue weighted by Crippen LogP contribution is 2.42. The Bertz CT molecular complexity index is 982. The third kappa shape index (κ3) is 4.52. The highest BCUT2D eigenvalue weighted by Gasteiger charge is 2.40. The maximum Gasteiger partial charge on any atom is 0.418 e. The second kappa shape index (κ2) is 8.82. The van der Waals surface area contributed by atoms with Crippen molar-refractivity contribution in [3.63, 3.8) is 0 Å². The summed E-state index contributed by atoms with van der Waals surface area (Å²) in [4.78, 5) is 8.78. The van der Waals surface area contributed by atoms with Gasteiger partial charge in [0.05, 0.1) is 11.1 Å².